The molecule has 12 heterocycles. The molecule has 0 saturated carbocycles. The number of nitrogen functional groups attached to an aromatic ring is 4. The van der Waals surface area contributed by atoms with Crippen LogP contribution in [0.1, 0.15) is 24.9 Å². The van der Waals surface area contributed by atoms with Gasteiger partial charge in [0.15, 0.2) is 70.8 Å². The van der Waals surface area contributed by atoms with E-state index in [4.69, 9.17) is 80.8 Å². The smallest absolute Gasteiger partial charge is 0.394 e. The van der Waals surface area contributed by atoms with Gasteiger partial charge in [-0.05, 0) is 11.8 Å². The fraction of sp³-hybridized carbons (Fsp3) is 0.500. The van der Waals surface area contributed by atoms with Gasteiger partial charge < -0.3 is 91.7 Å². The normalized spacial score (nSPS) is 32.0. The van der Waals surface area contributed by atoms with Crippen molar-refractivity contribution >= 4 is 102 Å². The summed E-state index contributed by atoms with van der Waals surface area (Å²) in [6.45, 7) is -8.25. The molecular weight excluding hydrogens is 1220 g/mol. The monoisotopic (exact) mass is 1270 g/mol. The van der Waals surface area contributed by atoms with Gasteiger partial charge in [0.2, 0.25) is 0 Å². The lowest BCUT2D eigenvalue weighted by molar-refractivity contribution is -0.0635. The summed E-state index contributed by atoms with van der Waals surface area (Å²) < 4.78 is 89.5. The van der Waals surface area contributed by atoms with Gasteiger partial charge in [-0.3, -0.25) is 40.9 Å². The molecule has 4 aliphatic heterocycles. The Morgan fingerprint density at radius 2 is 0.741 bits per heavy atom. The van der Waals surface area contributed by atoms with Gasteiger partial charge in [-0.25, -0.2) is 68.9 Å². The first-order chi connectivity index (χ1) is 40.5. The Hall–Kier alpha value is -6.25. The molecule has 45 heteroatoms. The van der Waals surface area contributed by atoms with Crippen LogP contribution in [0.3, 0.4) is 0 Å². The van der Waals surface area contributed by atoms with E-state index in [2.05, 4.69) is 59.8 Å². The van der Waals surface area contributed by atoms with Crippen molar-refractivity contribution in [1.29, 1.82) is 0 Å². The topological polar surface area (TPSA) is 587 Å². The zero-order valence-corrected chi connectivity index (χ0v) is 46.3. The number of phosphoric ester groups is 2. The minimum atomic E-state index is -5.37. The van der Waals surface area contributed by atoms with Gasteiger partial charge in [-0.2, -0.15) is 0 Å². The first-order valence-electron chi connectivity index (χ1n) is 24.8. The Balaban J connectivity index is 0.749. The maximum absolute atomic E-state index is 13.8. The van der Waals surface area contributed by atoms with Crippen LogP contribution in [0.2, 0.25) is 0 Å². The zero-order chi connectivity index (χ0) is 60.0. The summed E-state index contributed by atoms with van der Waals surface area (Å²) in [7, 11) is -10.7. The molecule has 0 aliphatic carbocycles. The molecule has 4 aliphatic rings. The molecule has 0 aromatic carbocycles. The summed E-state index contributed by atoms with van der Waals surface area (Å²) >= 11 is 5.42. The van der Waals surface area contributed by atoms with Crippen LogP contribution < -0.4 is 22.9 Å². The molecule has 0 bridgehead atoms. The molecule has 0 radical (unpaired) electrons. The number of ether oxygens (including phenoxy) is 4. The minimum absolute atomic E-state index is 0.00384. The van der Waals surface area contributed by atoms with E-state index in [-0.39, 0.29) is 67.9 Å². The molecule has 8 aromatic rings. The van der Waals surface area contributed by atoms with Crippen LogP contribution in [0.4, 0.5) is 23.3 Å². The van der Waals surface area contributed by atoms with Gasteiger partial charge in [0.1, 0.15) is 121 Å². The molecule has 85 heavy (non-hydrogen) atoms. The molecular formula is C40H49N20O21P3S. The van der Waals surface area contributed by atoms with Crippen molar-refractivity contribution in [3.63, 3.8) is 0 Å². The van der Waals surface area contributed by atoms with Crippen molar-refractivity contribution in [2.24, 2.45) is 0 Å². The zero-order valence-electron chi connectivity index (χ0n) is 42.8. The van der Waals surface area contributed by atoms with E-state index in [0.717, 1.165) is 38.0 Å². The van der Waals surface area contributed by atoms with Gasteiger partial charge in [0, 0.05) is 0 Å². The summed E-state index contributed by atoms with van der Waals surface area (Å²) in [5.74, 6) is -0.158. The quantitative estimate of drug-likeness (QED) is 0.0321. The van der Waals surface area contributed by atoms with Gasteiger partial charge in [0.05, 0.1) is 51.7 Å². The summed E-state index contributed by atoms with van der Waals surface area (Å²) in [4.78, 5) is 82.9. The average molecular weight is 1270 g/mol. The van der Waals surface area contributed by atoms with Crippen molar-refractivity contribution in [2.75, 3.05) is 49.4 Å². The number of fused-ring (bicyclic) bond motifs is 4. The largest absolute Gasteiger partial charge is 0.472 e. The number of nitrogens with zero attached hydrogens (tertiary/aromatic N) is 16. The number of imidazole rings is 4. The molecule has 19 atom stereocenters. The van der Waals surface area contributed by atoms with Crippen LogP contribution >= 0.6 is 22.4 Å². The van der Waals surface area contributed by atoms with Crippen LogP contribution in [0.25, 0.3) is 44.7 Å². The van der Waals surface area contributed by atoms with Crippen molar-refractivity contribution in [3.05, 3.63) is 50.6 Å². The number of anilines is 4. The maximum Gasteiger partial charge on any atom is 0.472 e. The van der Waals surface area contributed by atoms with E-state index < -0.39 is 147 Å². The van der Waals surface area contributed by atoms with Gasteiger partial charge in [-0.1, -0.05) is 0 Å². The molecule has 4 saturated heterocycles. The third-order valence-electron chi connectivity index (χ3n) is 14.1. The molecule has 456 valence electrons. The number of rotatable bonds is 20. The predicted molar refractivity (Wildman–Crippen MR) is 280 cm³/mol. The number of nitrogens with two attached hydrogens (primary N) is 4. The fourth-order valence-corrected chi connectivity index (χ4v) is 13.2. The van der Waals surface area contributed by atoms with Crippen LogP contribution in [0.15, 0.2) is 50.6 Å². The summed E-state index contributed by atoms with van der Waals surface area (Å²) in [5, 5.41) is 66.7. The first-order valence-corrected chi connectivity index (χ1v) is 30.4. The van der Waals surface area contributed by atoms with E-state index in [1.807, 2.05) is 0 Å². The van der Waals surface area contributed by atoms with Crippen molar-refractivity contribution < 1.29 is 101 Å². The van der Waals surface area contributed by atoms with Gasteiger partial charge >= 0.3 is 22.4 Å². The van der Waals surface area contributed by atoms with Crippen LogP contribution in [0.5, 0.6) is 0 Å². The molecule has 0 spiro atoms. The maximum atomic E-state index is 13.8. The van der Waals surface area contributed by atoms with E-state index in [0.29, 0.717) is 0 Å². The Kier molecular flexibility index (Phi) is 15.8. The van der Waals surface area contributed by atoms with E-state index in [1.165, 1.54) is 30.9 Å². The summed E-state index contributed by atoms with van der Waals surface area (Å²) in [5.41, 5.74) is 24.5. The molecule has 3 unspecified atom stereocenters. The highest BCUT2D eigenvalue weighted by molar-refractivity contribution is 8.07. The Morgan fingerprint density at radius 1 is 0.435 bits per heavy atom. The highest BCUT2D eigenvalue weighted by atomic mass is 32.5. The van der Waals surface area contributed by atoms with Crippen LogP contribution in [-0.4, -0.2) is 223 Å². The lowest BCUT2D eigenvalue weighted by atomic mass is 10.1. The van der Waals surface area contributed by atoms with Gasteiger partial charge in [0.25, 0.3) is 0 Å². The number of aromatic nitrogens is 16. The predicted octanol–water partition coefficient (Wildman–Crippen LogP) is -4.32. The van der Waals surface area contributed by atoms with Crippen LogP contribution in [0, 0.1) is 0 Å². The summed E-state index contributed by atoms with van der Waals surface area (Å²) in [6, 6.07) is 0. The molecule has 8 aromatic heterocycles. The second kappa shape index (κ2) is 22.8. The Bertz CT molecular complexity index is 3950. The third-order valence-corrected chi connectivity index (χ3v) is 17.6. The van der Waals surface area contributed by atoms with Gasteiger partial charge in [-0.15, -0.1) is 0 Å². The standard InChI is InChI=1S/C40H49N20O21P3S/c41-29-17-33(49-5-45-29)57(9-53-17)37-25(66)21(62)14(76-37)2-72-82(67,68)80-27-23(64)16(78-39(27)59-11-55-19-31(43)47-7-51-35(19)59)4-74-84(71,85)81-28-24(65)15(77-40(28)60-12-56-20-32(44)48-8-52-36(20)60)3-73-83(69,70)79-26-22(63)13(1-61)75-38(26)58-10-54-18-30(42)46-6-50-34(18)58/h5-16,21-28,37-40,61-66H,1-4H2,(H,67,68)(H,69,70)(H,71,85)(H2,41,45,49)(H2,42,46,50)(H2,43,47,51)(H2,44,48,52)/t13-,14-,15-,16-,21-,22-,23-,24-,25-,26-,27-,28-,37-,38-,39-,40-,84?/m1/s1. The molecule has 4 fully saturated rings. The molecule has 0 amide bonds. The summed E-state index contributed by atoms with van der Waals surface area (Å²) in [6.07, 6.45) is -17.5. The number of hydrogen-bond acceptors (Lipinski definition) is 35. The minimum Gasteiger partial charge on any atom is -0.394 e. The molecule has 41 nitrogen and oxygen atoms in total. The van der Waals surface area contributed by atoms with Crippen molar-refractivity contribution in [3.8, 4) is 0 Å². The van der Waals surface area contributed by atoms with Crippen molar-refractivity contribution in [2.45, 2.75) is 98.2 Å². The van der Waals surface area contributed by atoms with E-state index >= 15 is 0 Å². The number of hydrogen-bond donors (Lipinski definition) is 13. The second-order valence-corrected chi connectivity index (χ2v) is 24.8. The van der Waals surface area contributed by atoms with Crippen LogP contribution in [-0.2, 0) is 67.0 Å². The van der Waals surface area contributed by atoms with E-state index in [1.54, 1.807) is 0 Å². The SMILES string of the molecule is Nc1ncnc2c1ncn2[C@@H]1O[C@H](COP(=O)(O)O[C@@H]2[C@H](O)[C@@H](COP(O)(=S)O[C@@H]3[C@H](O)[C@@H](COP(=O)(O)O[C@@H]4[C@H](O)[C@@H](CO)O[C@H]4n4cnc5c(N)ncnc54)O[C@H]3n3cnc4c(N)ncnc43)O[C@H]2n2cnc3c(N)ncnc32)[C@@H](O)[C@H]1O. The number of aliphatic hydroxyl groups is 6. The average Bonchev–Trinajstić information content (AvgIpc) is 1.89. The molecule has 17 N–H and O–H groups in total. The number of phosphoric acid groups is 2. The van der Waals surface area contributed by atoms with E-state index in [9.17, 15) is 54.4 Å². The third kappa shape index (κ3) is 11.1. The highest BCUT2D eigenvalue weighted by Gasteiger charge is 2.54. The lowest BCUT2D eigenvalue weighted by Gasteiger charge is -2.27. The fourth-order valence-electron chi connectivity index (χ4n) is 9.97. The first kappa shape index (κ1) is 59.1. The lowest BCUT2D eigenvalue weighted by Crippen LogP contribution is -2.37. The Labute approximate surface area is 477 Å². The Morgan fingerprint density at radius 3 is 1.12 bits per heavy atom. The second-order valence-electron chi connectivity index (χ2n) is 19.2. The highest BCUT2D eigenvalue weighted by Crippen LogP contribution is 2.55. The molecule has 12 rings (SSSR count). The number of aliphatic hydroxyl groups excluding tert-OH is 6. The van der Waals surface area contributed by atoms with Crippen molar-refractivity contribution in [1.82, 2.24) is 78.1 Å².